The van der Waals surface area contributed by atoms with Gasteiger partial charge in [-0.25, -0.2) is 0 Å². The Hall–Kier alpha value is -0.830. The van der Waals surface area contributed by atoms with Gasteiger partial charge in [-0.05, 0) is 33.6 Å². The first-order chi connectivity index (χ1) is 8.06. The summed E-state index contributed by atoms with van der Waals surface area (Å²) in [5.41, 5.74) is 2.90. The predicted molar refractivity (Wildman–Crippen MR) is 71.0 cm³/mol. The zero-order valence-electron chi connectivity index (χ0n) is 11.3. The van der Waals surface area contributed by atoms with Crippen LogP contribution in [0.3, 0.4) is 0 Å². The quantitative estimate of drug-likeness (QED) is 0.843. The van der Waals surface area contributed by atoms with E-state index in [0.717, 1.165) is 6.54 Å². The molecule has 0 saturated heterocycles. The Morgan fingerprint density at radius 2 is 2.00 bits per heavy atom. The molecule has 1 aromatic heterocycles. The normalized spacial score (nSPS) is 18.5. The highest BCUT2D eigenvalue weighted by molar-refractivity contribution is 5.21. The largest absolute Gasteiger partial charge is 0.308 e. The Labute approximate surface area is 104 Å². The molecule has 96 valence electrons. The van der Waals surface area contributed by atoms with Crippen LogP contribution in [0.1, 0.15) is 70.1 Å². The number of hydrogen-bond acceptors (Lipinski definition) is 2. The maximum absolute atomic E-state index is 4.23. The molecule has 0 amide bonds. The van der Waals surface area contributed by atoms with E-state index in [1.165, 1.54) is 43.4 Å². The molecule has 1 aliphatic carbocycles. The van der Waals surface area contributed by atoms with Crippen LogP contribution >= 0.6 is 0 Å². The van der Waals surface area contributed by atoms with Gasteiger partial charge in [-0.15, -0.1) is 0 Å². The van der Waals surface area contributed by atoms with E-state index in [-0.39, 0.29) is 5.54 Å². The molecule has 1 heterocycles. The SMILES string of the molecule is CC(C)(C)NCc1cn[nH]c1C1CCCCC1. The Kier molecular flexibility index (Phi) is 3.87. The molecule has 3 nitrogen and oxygen atoms in total. The number of H-pyrrole nitrogens is 1. The van der Waals surface area contributed by atoms with Crippen molar-refractivity contribution in [2.75, 3.05) is 0 Å². The third kappa shape index (κ3) is 3.56. The van der Waals surface area contributed by atoms with Crippen LogP contribution in [0.2, 0.25) is 0 Å². The lowest BCUT2D eigenvalue weighted by molar-refractivity contribution is 0.413. The van der Waals surface area contributed by atoms with E-state index in [9.17, 15) is 0 Å². The average Bonchev–Trinajstić information content (AvgIpc) is 2.75. The minimum Gasteiger partial charge on any atom is -0.308 e. The molecule has 1 aromatic rings. The maximum atomic E-state index is 4.23. The average molecular weight is 235 g/mol. The molecule has 0 bridgehead atoms. The highest BCUT2D eigenvalue weighted by Crippen LogP contribution is 2.33. The summed E-state index contributed by atoms with van der Waals surface area (Å²) in [7, 11) is 0. The smallest absolute Gasteiger partial charge is 0.0535 e. The molecule has 1 fully saturated rings. The number of hydrogen-bond donors (Lipinski definition) is 2. The summed E-state index contributed by atoms with van der Waals surface area (Å²) in [5, 5.41) is 11.0. The zero-order chi connectivity index (χ0) is 12.3. The summed E-state index contributed by atoms with van der Waals surface area (Å²) in [6.45, 7) is 7.53. The minimum atomic E-state index is 0.168. The minimum absolute atomic E-state index is 0.168. The van der Waals surface area contributed by atoms with Crippen LogP contribution < -0.4 is 5.32 Å². The fourth-order valence-electron chi connectivity index (χ4n) is 2.57. The fourth-order valence-corrected chi connectivity index (χ4v) is 2.57. The molecule has 0 aromatic carbocycles. The second kappa shape index (κ2) is 5.21. The van der Waals surface area contributed by atoms with Crippen molar-refractivity contribution < 1.29 is 0 Å². The highest BCUT2D eigenvalue weighted by Gasteiger charge is 2.20. The van der Waals surface area contributed by atoms with E-state index in [1.807, 2.05) is 6.20 Å². The van der Waals surface area contributed by atoms with Crippen molar-refractivity contribution in [3.63, 3.8) is 0 Å². The van der Waals surface area contributed by atoms with Crippen LogP contribution in [0.15, 0.2) is 6.20 Å². The lowest BCUT2D eigenvalue weighted by atomic mass is 9.85. The van der Waals surface area contributed by atoms with Crippen LogP contribution in [-0.2, 0) is 6.54 Å². The molecule has 17 heavy (non-hydrogen) atoms. The summed E-state index contributed by atoms with van der Waals surface area (Å²) >= 11 is 0. The van der Waals surface area contributed by atoms with Gasteiger partial charge in [-0.3, -0.25) is 5.10 Å². The van der Waals surface area contributed by atoms with Gasteiger partial charge in [0.25, 0.3) is 0 Å². The summed E-state index contributed by atoms with van der Waals surface area (Å²) in [4.78, 5) is 0. The first kappa shape index (κ1) is 12.6. The molecule has 0 radical (unpaired) electrons. The Morgan fingerprint density at radius 3 is 2.65 bits per heavy atom. The third-order valence-corrected chi connectivity index (χ3v) is 3.57. The maximum Gasteiger partial charge on any atom is 0.0535 e. The van der Waals surface area contributed by atoms with E-state index < -0.39 is 0 Å². The predicted octanol–water partition coefficient (Wildman–Crippen LogP) is 3.35. The third-order valence-electron chi connectivity index (χ3n) is 3.57. The van der Waals surface area contributed by atoms with Crippen molar-refractivity contribution in [2.45, 2.75) is 70.9 Å². The first-order valence-electron chi connectivity index (χ1n) is 6.83. The second-order valence-electron chi connectivity index (χ2n) is 6.25. The molecule has 2 rings (SSSR count). The number of aromatic nitrogens is 2. The van der Waals surface area contributed by atoms with Crippen LogP contribution in [0.4, 0.5) is 0 Å². The summed E-state index contributed by atoms with van der Waals surface area (Å²) in [6.07, 6.45) is 8.78. The van der Waals surface area contributed by atoms with Crippen LogP contribution in [0, 0.1) is 0 Å². The number of aromatic amines is 1. The molecular weight excluding hydrogens is 210 g/mol. The van der Waals surface area contributed by atoms with E-state index >= 15 is 0 Å². The zero-order valence-corrected chi connectivity index (χ0v) is 11.3. The van der Waals surface area contributed by atoms with E-state index in [0.29, 0.717) is 5.92 Å². The lowest BCUT2D eigenvalue weighted by Gasteiger charge is -2.24. The molecule has 3 heteroatoms. The van der Waals surface area contributed by atoms with Gasteiger partial charge in [-0.1, -0.05) is 19.3 Å². The van der Waals surface area contributed by atoms with E-state index in [1.54, 1.807) is 0 Å². The Morgan fingerprint density at radius 1 is 1.29 bits per heavy atom. The molecule has 0 unspecified atom stereocenters. The van der Waals surface area contributed by atoms with Gasteiger partial charge in [0.15, 0.2) is 0 Å². The van der Waals surface area contributed by atoms with E-state index in [4.69, 9.17) is 0 Å². The van der Waals surface area contributed by atoms with Crippen molar-refractivity contribution in [2.24, 2.45) is 0 Å². The van der Waals surface area contributed by atoms with Crippen molar-refractivity contribution in [1.82, 2.24) is 15.5 Å². The van der Waals surface area contributed by atoms with Gasteiger partial charge in [-0.2, -0.15) is 5.10 Å². The van der Waals surface area contributed by atoms with Crippen LogP contribution in [-0.4, -0.2) is 15.7 Å². The number of rotatable bonds is 3. The van der Waals surface area contributed by atoms with Gasteiger partial charge in [0.2, 0.25) is 0 Å². The highest BCUT2D eigenvalue weighted by atomic mass is 15.1. The van der Waals surface area contributed by atoms with Crippen molar-refractivity contribution >= 4 is 0 Å². The standard InChI is InChI=1S/C14H25N3/c1-14(2,3)15-9-12-10-16-17-13(12)11-7-5-4-6-8-11/h10-11,15H,4-9H2,1-3H3,(H,16,17). The monoisotopic (exact) mass is 235 g/mol. The van der Waals surface area contributed by atoms with Gasteiger partial charge in [0.05, 0.1) is 6.20 Å². The first-order valence-corrected chi connectivity index (χ1v) is 6.83. The topological polar surface area (TPSA) is 40.7 Å². The van der Waals surface area contributed by atoms with Gasteiger partial charge in [0, 0.05) is 29.3 Å². The second-order valence-corrected chi connectivity index (χ2v) is 6.25. The summed E-state index contributed by atoms with van der Waals surface area (Å²) < 4.78 is 0. The van der Waals surface area contributed by atoms with Crippen molar-refractivity contribution in [1.29, 1.82) is 0 Å². The summed E-state index contributed by atoms with van der Waals surface area (Å²) in [5.74, 6) is 0.711. The Bertz CT molecular complexity index is 343. The molecule has 0 atom stereocenters. The molecular formula is C14H25N3. The van der Waals surface area contributed by atoms with Crippen molar-refractivity contribution in [3.8, 4) is 0 Å². The summed E-state index contributed by atoms with van der Waals surface area (Å²) in [6, 6.07) is 0. The lowest BCUT2D eigenvalue weighted by Crippen LogP contribution is -2.35. The molecule has 0 aliphatic heterocycles. The van der Waals surface area contributed by atoms with Gasteiger partial charge in [0.1, 0.15) is 0 Å². The Balaban J connectivity index is 2.00. The molecule has 0 spiro atoms. The molecule has 2 N–H and O–H groups in total. The van der Waals surface area contributed by atoms with Gasteiger partial charge < -0.3 is 5.32 Å². The van der Waals surface area contributed by atoms with Crippen LogP contribution in [0.25, 0.3) is 0 Å². The van der Waals surface area contributed by atoms with Crippen LogP contribution in [0.5, 0.6) is 0 Å². The molecule has 1 saturated carbocycles. The van der Waals surface area contributed by atoms with Crippen molar-refractivity contribution in [3.05, 3.63) is 17.5 Å². The molecule has 1 aliphatic rings. The number of nitrogens with one attached hydrogen (secondary N) is 2. The fraction of sp³-hybridized carbons (Fsp3) is 0.786. The van der Waals surface area contributed by atoms with Gasteiger partial charge >= 0.3 is 0 Å². The van der Waals surface area contributed by atoms with E-state index in [2.05, 4.69) is 36.3 Å². The number of nitrogens with zero attached hydrogens (tertiary/aromatic N) is 1.